The molecule has 1 aromatic heterocycles. The van der Waals surface area contributed by atoms with Gasteiger partial charge in [-0.05, 0) is 42.2 Å². The Morgan fingerprint density at radius 1 is 1.00 bits per heavy atom. The Hall–Kier alpha value is -3.53. The number of carbonyl (C=O) groups excluding carboxylic acids is 1. The highest BCUT2D eigenvalue weighted by Gasteiger charge is 2.39. The molecule has 4 nitrogen and oxygen atoms in total. The lowest BCUT2D eigenvalue weighted by Crippen LogP contribution is -2.30. The number of hydrogen-bond acceptors (Lipinski definition) is 2. The molecular formula is C28H28N2O2. The van der Waals surface area contributed by atoms with Crippen LogP contribution in [-0.4, -0.2) is 29.4 Å². The minimum Gasteiger partial charge on any atom is -0.497 e. The van der Waals surface area contributed by atoms with Crippen molar-refractivity contribution in [3.63, 3.8) is 0 Å². The number of ether oxygens (including phenoxy) is 1. The molecule has 1 atom stereocenters. The first-order valence-electron chi connectivity index (χ1n) is 11.2. The van der Waals surface area contributed by atoms with E-state index >= 15 is 0 Å². The van der Waals surface area contributed by atoms with Gasteiger partial charge in [-0.2, -0.15) is 0 Å². The van der Waals surface area contributed by atoms with Crippen molar-refractivity contribution >= 4 is 16.8 Å². The van der Waals surface area contributed by atoms with Crippen molar-refractivity contribution in [1.29, 1.82) is 0 Å². The number of aromatic amines is 1. The van der Waals surface area contributed by atoms with Crippen LogP contribution in [0.3, 0.4) is 0 Å². The summed E-state index contributed by atoms with van der Waals surface area (Å²) >= 11 is 0. The lowest BCUT2D eigenvalue weighted by molar-refractivity contribution is 0.0743. The molecule has 162 valence electrons. The van der Waals surface area contributed by atoms with E-state index in [1.165, 1.54) is 0 Å². The van der Waals surface area contributed by atoms with Crippen LogP contribution in [0.2, 0.25) is 0 Å². The van der Waals surface area contributed by atoms with Crippen molar-refractivity contribution in [2.45, 2.75) is 26.3 Å². The van der Waals surface area contributed by atoms with E-state index < -0.39 is 0 Å². The molecule has 0 radical (unpaired) electrons. The molecule has 0 bridgehead atoms. The van der Waals surface area contributed by atoms with Gasteiger partial charge in [0.2, 0.25) is 0 Å². The molecule has 5 rings (SSSR count). The van der Waals surface area contributed by atoms with Gasteiger partial charge in [0.1, 0.15) is 5.75 Å². The third kappa shape index (κ3) is 3.36. The molecule has 1 aliphatic rings. The number of para-hydroxylation sites is 1. The van der Waals surface area contributed by atoms with Gasteiger partial charge in [0.15, 0.2) is 0 Å². The smallest absolute Gasteiger partial charge is 0.255 e. The van der Waals surface area contributed by atoms with Gasteiger partial charge in [-0.1, -0.05) is 62.4 Å². The quantitative estimate of drug-likeness (QED) is 0.387. The largest absolute Gasteiger partial charge is 0.497 e. The van der Waals surface area contributed by atoms with Crippen LogP contribution >= 0.6 is 0 Å². The highest BCUT2D eigenvalue weighted by Crippen LogP contribution is 2.45. The summed E-state index contributed by atoms with van der Waals surface area (Å²) in [6.45, 7) is 5.14. The van der Waals surface area contributed by atoms with Crippen molar-refractivity contribution in [2.75, 3.05) is 13.7 Å². The Bertz CT molecular complexity index is 1290. The van der Waals surface area contributed by atoms with Crippen molar-refractivity contribution < 1.29 is 9.53 Å². The number of nitrogens with one attached hydrogen (secondary N) is 1. The van der Waals surface area contributed by atoms with E-state index in [1.807, 2.05) is 36.4 Å². The molecule has 0 spiro atoms. The van der Waals surface area contributed by atoms with Crippen molar-refractivity contribution in [1.82, 2.24) is 9.88 Å². The minimum absolute atomic E-state index is 0.119. The van der Waals surface area contributed by atoms with E-state index in [1.54, 1.807) is 7.11 Å². The molecule has 3 aromatic carbocycles. The summed E-state index contributed by atoms with van der Waals surface area (Å²) in [7, 11) is 1.69. The number of nitrogens with zero attached hydrogens (tertiary/aromatic N) is 1. The number of methoxy groups -OCH3 is 1. The molecule has 32 heavy (non-hydrogen) atoms. The van der Waals surface area contributed by atoms with Crippen LogP contribution in [0.1, 0.15) is 47.8 Å². The van der Waals surface area contributed by atoms with Gasteiger partial charge in [0.05, 0.1) is 18.8 Å². The Morgan fingerprint density at radius 3 is 2.59 bits per heavy atom. The second kappa shape index (κ2) is 8.19. The maximum atomic E-state index is 13.5. The fourth-order valence-corrected chi connectivity index (χ4v) is 4.76. The molecule has 0 saturated heterocycles. The molecule has 0 fully saturated rings. The lowest BCUT2D eigenvalue weighted by atomic mass is 9.93. The standard InChI is InChI=1S/C28H28N2O2/c1-18(2)15-16-30-27(21-11-4-5-12-22(21)28(30)31)25-23-13-6-7-14-24(23)29-26(25)19-9-8-10-20(17-19)32-3/h4-14,17-18,27,29H,15-16H2,1-3H3/t27-/m1/s1. The van der Waals surface area contributed by atoms with Crippen LogP contribution in [0.4, 0.5) is 0 Å². The van der Waals surface area contributed by atoms with Gasteiger partial charge < -0.3 is 14.6 Å². The first kappa shape index (κ1) is 20.4. The summed E-state index contributed by atoms with van der Waals surface area (Å²) in [6.07, 6.45) is 0.965. The predicted octanol–water partition coefficient (Wildman–Crippen LogP) is 6.43. The van der Waals surface area contributed by atoms with Gasteiger partial charge in [0, 0.05) is 34.1 Å². The summed E-state index contributed by atoms with van der Waals surface area (Å²) in [5, 5.41) is 1.15. The van der Waals surface area contributed by atoms with E-state index in [-0.39, 0.29) is 11.9 Å². The van der Waals surface area contributed by atoms with Gasteiger partial charge in [-0.15, -0.1) is 0 Å². The molecule has 0 aliphatic carbocycles. The number of benzene rings is 3. The highest BCUT2D eigenvalue weighted by atomic mass is 16.5. The zero-order chi connectivity index (χ0) is 22.2. The zero-order valence-electron chi connectivity index (χ0n) is 18.8. The van der Waals surface area contributed by atoms with E-state index in [9.17, 15) is 4.79 Å². The van der Waals surface area contributed by atoms with E-state index in [0.29, 0.717) is 5.92 Å². The second-order valence-electron chi connectivity index (χ2n) is 8.86. The maximum absolute atomic E-state index is 13.5. The van der Waals surface area contributed by atoms with Crippen LogP contribution in [0.5, 0.6) is 5.75 Å². The Labute approximate surface area is 188 Å². The van der Waals surface area contributed by atoms with Crippen LogP contribution in [0.25, 0.3) is 22.2 Å². The molecule has 1 N–H and O–H groups in total. The zero-order valence-corrected chi connectivity index (χ0v) is 18.8. The molecule has 0 unspecified atom stereocenters. The number of H-pyrrole nitrogens is 1. The second-order valence-corrected chi connectivity index (χ2v) is 8.86. The lowest BCUT2D eigenvalue weighted by Gasteiger charge is -2.27. The number of fused-ring (bicyclic) bond motifs is 2. The highest BCUT2D eigenvalue weighted by molar-refractivity contribution is 6.02. The fourth-order valence-electron chi connectivity index (χ4n) is 4.76. The number of hydrogen-bond donors (Lipinski definition) is 1. The summed E-state index contributed by atoms with van der Waals surface area (Å²) in [5.74, 6) is 1.45. The SMILES string of the molecule is COc1cccc(-c2[nH]c3ccccc3c2[C@H]2c3ccccc3C(=O)N2CCC(C)C)c1. The van der Waals surface area contributed by atoms with Gasteiger partial charge in [-0.3, -0.25) is 4.79 Å². The first-order valence-corrected chi connectivity index (χ1v) is 11.2. The predicted molar refractivity (Wildman–Crippen MR) is 129 cm³/mol. The Morgan fingerprint density at radius 2 is 1.78 bits per heavy atom. The summed E-state index contributed by atoms with van der Waals surface area (Å²) in [6, 6.07) is 24.4. The van der Waals surface area contributed by atoms with Crippen molar-refractivity contribution in [3.8, 4) is 17.0 Å². The van der Waals surface area contributed by atoms with Gasteiger partial charge in [0.25, 0.3) is 5.91 Å². The molecule has 2 heterocycles. The summed E-state index contributed by atoms with van der Waals surface area (Å²) in [4.78, 5) is 19.2. The first-order chi connectivity index (χ1) is 15.6. The topological polar surface area (TPSA) is 45.3 Å². The monoisotopic (exact) mass is 424 g/mol. The van der Waals surface area contributed by atoms with Crippen LogP contribution in [0.15, 0.2) is 72.8 Å². The summed E-state index contributed by atoms with van der Waals surface area (Å²) < 4.78 is 5.50. The van der Waals surface area contributed by atoms with E-state index in [0.717, 1.165) is 57.6 Å². The maximum Gasteiger partial charge on any atom is 0.255 e. The van der Waals surface area contributed by atoms with Gasteiger partial charge in [-0.25, -0.2) is 0 Å². The molecular weight excluding hydrogens is 396 g/mol. The molecule has 4 heteroatoms. The Balaban J connectivity index is 1.75. The van der Waals surface area contributed by atoms with Gasteiger partial charge >= 0.3 is 0 Å². The minimum atomic E-state index is -0.130. The van der Waals surface area contributed by atoms with E-state index in [2.05, 4.69) is 60.1 Å². The number of carbonyl (C=O) groups is 1. The van der Waals surface area contributed by atoms with Crippen LogP contribution in [-0.2, 0) is 0 Å². The Kier molecular flexibility index (Phi) is 5.22. The molecule has 0 saturated carbocycles. The van der Waals surface area contributed by atoms with Crippen LogP contribution in [0, 0.1) is 5.92 Å². The summed E-state index contributed by atoms with van der Waals surface area (Å²) in [5.41, 5.74) is 6.19. The molecule has 1 amide bonds. The normalized spacial score (nSPS) is 15.6. The third-order valence-electron chi connectivity index (χ3n) is 6.38. The fraction of sp³-hybridized carbons (Fsp3) is 0.250. The number of rotatable bonds is 6. The van der Waals surface area contributed by atoms with Crippen molar-refractivity contribution in [3.05, 3.63) is 89.5 Å². The molecule has 1 aliphatic heterocycles. The molecule has 4 aromatic rings. The van der Waals surface area contributed by atoms with E-state index in [4.69, 9.17) is 4.74 Å². The third-order valence-corrected chi connectivity index (χ3v) is 6.38. The number of aromatic nitrogens is 1. The average molecular weight is 425 g/mol. The average Bonchev–Trinajstić information content (AvgIpc) is 3.33. The number of amides is 1. The van der Waals surface area contributed by atoms with Crippen molar-refractivity contribution in [2.24, 2.45) is 5.92 Å². The van der Waals surface area contributed by atoms with Crippen LogP contribution < -0.4 is 4.74 Å².